The highest BCUT2D eigenvalue weighted by Gasteiger charge is 2.58. The van der Waals surface area contributed by atoms with Gasteiger partial charge in [-0.25, -0.2) is 0 Å². The number of rotatable bonds is 5. The fourth-order valence-corrected chi connectivity index (χ4v) is 14.7. The summed E-state index contributed by atoms with van der Waals surface area (Å²) in [7, 11) is 0. The second-order valence-corrected chi connectivity index (χ2v) is 23.3. The number of nitrogens with zero attached hydrogens (tertiary/aromatic N) is 7. The molecule has 1 saturated carbocycles. The Labute approximate surface area is 431 Å². The van der Waals surface area contributed by atoms with Crippen LogP contribution in [-0.2, 0) is 16.2 Å². The van der Waals surface area contributed by atoms with E-state index in [1.54, 1.807) is 0 Å². The first kappa shape index (κ1) is 43.5. The van der Waals surface area contributed by atoms with Crippen LogP contribution in [-0.4, -0.2) is 34.2 Å². The normalized spacial score (nSPS) is 20.0. The van der Waals surface area contributed by atoms with Gasteiger partial charge >= 0.3 is 0 Å². The van der Waals surface area contributed by atoms with Gasteiger partial charge in [-0.2, -0.15) is 15.0 Å². The number of hydrogen-bond donors (Lipinski definition) is 0. The van der Waals surface area contributed by atoms with Gasteiger partial charge in [0.1, 0.15) is 0 Å². The van der Waals surface area contributed by atoms with Crippen molar-refractivity contribution in [2.24, 2.45) is 0 Å². The van der Waals surface area contributed by atoms with Gasteiger partial charge in [0, 0.05) is 54.7 Å². The van der Waals surface area contributed by atoms with Crippen molar-refractivity contribution in [2.75, 3.05) is 4.90 Å². The van der Waals surface area contributed by atoms with Crippen molar-refractivity contribution >= 4 is 77.1 Å². The molecule has 1 aliphatic heterocycles. The summed E-state index contributed by atoms with van der Waals surface area (Å²) in [6, 6.07) is 64.7. The predicted molar refractivity (Wildman–Crippen MR) is 306 cm³/mol. The molecule has 12 aromatic rings. The van der Waals surface area contributed by atoms with Crippen LogP contribution in [0.25, 0.3) is 94.1 Å². The van der Waals surface area contributed by atoms with Crippen LogP contribution in [0.4, 0.5) is 11.6 Å². The molecule has 0 bridgehead atoms. The average Bonchev–Trinajstić information content (AvgIpc) is 4.22. The zero-order valence-electron chi connectivity index (χ0n) is 43.1. The number of aromatic nitrogens is 6. The van der Waals surface area contributed by atoms with Crippen molar-refractivity contribution in [1.29, 1.82) is 0 Å². The maximum atomic E-state index is 5.85. The molecule has 0 spiro atoms. The maximum Gasteiger partial charge on any atom is 0.240 e. The van der Waals surface area contributed by atoms with Crippen LogP contribution in [0.3, 0.4) is 0 Å². The predicted octanol–water partition coefficient (Wildman–Crippen LogP) is 16.9. The molecular formula is C67H59N7. The van der Waals surface area contributed by atoms with E-state index in [9.17, 15) is 0 Å². The van der Waals surface area contributed by atoms with Gasteiger partial charge in [0.15, 0.2) is 5.82 Å². The molecule has 7 nitrogen and oxygen atoms in total. The summed E-state index contributed by atoms with van der Waals surface area (Å²) in [6.07, 6.45) is 6.60. The number of hydrogen-bond acceptors (Lipinski definition) is 4. The third-order valence-electron chi connectivity index (χ3n) is 18.5. The van der Waals surface area contributed by atoms with Crippen LogP contribution in [0, 0.1) is 0 Å². The molecular weight excluding hydrogens is 903 g/mol. The van der Waals surface area contributed by atoms with Gasteiger partial charge in [-0.05, 0) is 121 Å². The molecule has 0 amide bonds. The minimum Gasteiger partial charge on any atom is -0.309 e. The van der Waals surface area contributed by atoms with Crippen LogP contribution < -0.4 is 4.90 Å². The van der Waals surface area contributed by atoms with E-state index >= 15 is 0 Å². The minimum absolute atomic E-state index is 0.0900. The van der Waals surface area contributed by atoms with E-state index < -0.39 is 0 Å². The Hall–Kier alpha value is -8.03. The molecule has 74 heavy (non-hydrogen) atoms. The molecule has 2 aliphatic carbocycles. The number of benzene rings is 8. The molecule has 0 N–H and O–H groups in total. The monoisotopic (exact) mass is 961 g/mol. The smallest absolute Gasteiger partial charge is 0.240 e. The largest absolute Gasteiger partial charge is 0.309 e. The van der Waals surface area contributed by atoms with Crippen molar-refractivity contribution in [1.82, 2.24) is 28.7 Å². The fourth-order valence-electron chi connectivity index (χ4n) is 14.7. The van der Waals surface area contributed by atoms with Crippen LogP contribution in [0.15, 0.2) is 176 Å². The van der Waals surface area contributed by atoms with E-state index in [0.29, 0.717) is 17.7 Å². The lowest BCUT2D eigenvalue weighted by molar-refractivity contribution is 0.193. The van der Waals surface area contributed by atoms with Crippen molar-refractivity contribution in [3.63, 3.8) is 0 Å². The Morgan fingerprint density at radius 1 is 0.392 bits per heavy atom. The lowest BCUT2D eigenvalue weighted by atomic mass is 9.61. The van der Waals surface area contributed by atoms with E-state index in [2.05, 4.69) is 236 Å². The van der Waals surface area contributed by atoms with Crippen LogP contribution in [0.2, 0.25) is 0 Å². The van der Waals surface area contributed by atoms with Gasteiger partial charge in [-0.1, -0.05) is 163 Å². The summed E-state index contributed by atoms with van der Waals surface area (Å²) in [5, 5.41) is 7.31. The van der Waals surface area contributed by atoms with Crippen LogP contribution in [0.1, 0.15) is 96.8 Å². The second kappa shape index (κ2) is 15.3. The molecule has 1 fully saturated rings. The number of para-hydroxylation sites is 6. The zero-order chi connectivity index (χ0) is 49.9. The molecule has 7 heteroatoms. The topological polar surface area (TPSA) is 56.7 Å². The average molecular weight is 962 g/mol. The van der Waals surface area contributed by atoms with Crippen molar-refractivity contribution < 1.29 is 0 Å². The zero-order valence-corrected chi connectivity index (χ0v) is 43.1. The van der Waals surface area contributed by atoms with Gasteiger partial charge in [-0.3, -0.25) is 4.57 Å². The Morgan fingerprint density at radius 3 is 1.65 bits per heavy atom. The molecule has 2 unspecified atom stereocenters. The first-order valence-electron chi connectivity index (χ1n) is 26.8. The Bertz CT molecular complexity index is 4270. The maximum absolute atomic E-state index is 5.85. The quantitative estimate of drug-likeness (QED) is 0.172. The van der Waals surface area contributed by atoms with Gasteiger partial charge in [0.05, 0.1) is 44.3 Å². The highest BCUT2D eigenvalue weighted by Crippen LogP contribution is 2.61. The first-order chi connectivity index (χ1) is 36.0. The molecule has 5 heterocycles. The third-order valence-corrected chi connectivity index (χ3v) is 18.5. The Morgan fingerprint density at radius 2 is 0.946 bits per heavy atom. The van der Waals surface area contributed by atoms with Crippen molar-refractivity contribution in [2.45, 2.75) is 102 Å². The standard InChI is InChI=1S/C67H59N7/c1-64(2)40-41-65(3,4)59-56(72-51-30-16-10-24-43(51)44-25-11-17-31-52(44)72)37-35-48(58(59)64)61-68-62(70-63(69-61)74-54-33-19-14-28-49(54)66(5)38-20-21-39-67(66,74)6)73-53-32-18-13-27-47(53)57-55(73)36-34-46-45-26-12-15-29-50(45)71(60(46)57)42-22-8-7-9-23-42/h7-19,22-37H,20-21,38-41H2,1-6H3. The van der Waals surface area contributed by atoms with E-state index in [-0.39, 0.29) is 21.8 Å². The van der Waals surface area contributed by atoms with Gasteiger partial charge < -0.3 is 14.0 Å². The Kier molecular flexibility index (Phi) is 8.98. The van der Waals surface area contributed by atoms with E-state index in [4.69, 9.17) is 15.0 Å². The molecule has 362 valence electrons. The third kappa shape index (κ3) is 5.75. The van der Waals surface area contributed by atoms with E-state index in [0.717, 1.165) is 59.8 Å². The second-order valence-electron chi connectivity index (χ2n) is 23.3. The van der Waals surface area contributed by atoms with Gasteiger partial charge in [0.2, 0.25) is 11.9 Å². The molecule has 15 rings (SSSR count). The molecule has 8 aromatic carbocycles. The molecule has 3 aliphatic rings. The lowest BCUT2D eigenvalue weighted by Gasteiger charge is -2.49. The summed E-state index contributed by atoms with van der Waals surface area (Å²) in [6.45, 7) is 14.8. The number of anilines is 2. The molecule has 2 atom stereocenters. The highest BCUT2D eigenvalue weighted by molar-refractivity contribution is 6.26. The SMILES string of the molecule is CC1(C)CCC(C)(C)c2c(-n3c4ccccc4c4ccccc43)ccc(-c3nc(N4c5ccccc5C5(C)CCCCC45C)nc(-n4c5ccccc5c5c4ccc4c6ccccc6n(-c6ccccc6)c45)n3)c21. The molecule has 0 saturated heterocycles. The van der Waals surface area contributed by atoms with E-state index in [1.807, 2.05) is 0 Å². The lowest BCUT2D eigenvalue weighted by Crippen LogP contribution is -2.55. The summed E-state index contributed by atoms with van der Waals surface area (Å²) >= 11 is 0. The van der Waals surface area contributed by atoms with Gasteiger partial charge in [0.25, 0.3) is 0 Å². The van der Waals surface area contributed by atoms with Crippen molar-refractivity contribution in [3.05, 3.63) is 193 Å². The fraction of sp³-hybridized carbons (Fsp3) is 0.239. The minimum atomic E-state index is -0.268. The van der Waals surface area contributed by atoms with E-state index in [1.165, 1.54) is 83.5 Å². The molecule has 4 aromatic heterocycles. The summed E-state index contributed by atoms with van der Waals surface area (Å²) in [5.41, 5.74) is 14.9. The van der Waals surface area contributed by atoms with Crippen molar-refractivity contribution in [3.8, 4) is 28.7 Å². The summed E-state index contributed by atoms with van der Waals surface area (Å²) in [5.74, 6) is 2.03. The van der Waals surface area contributed by atoms with Gasteiger partial charge in [-0.15, -0.1) is 0 Å². The highest BCUT2D eigenvalue weighted by atomic mass is 15.4. The first-order valence-corrected chi connectivity index (χ1v) is 26.8. The summed E-state index contributed by atoms with van der Waals surface area (Å²) < 4.78 is 7.32. The Balaban J connectivity index is 1.06. The molecule has 0 radical (unpaired) electrons. The summed E-state index contributed by atoms with van der Waals surface area (Å²) in [4.78, 5) is 20.0. The number of fused-ring (bicyclic) bond motifs is 14. The van der Waals surface area contributed by atoms with Crippen LogP contribution in [0.5, 0.6) is 0 Å². The van der Waals surface area contributed by atoms with Crippen LogP contribution >= 0.6 is 0 Å².